The summed E-state index contributed by atoms with van der Waals surface area (Å²) < 4.78 is 36.8. The average Bonchev–Trinajstić information content (AvgIpc) is 3.80. The van der Waals surface area contributed by atoms with Crippen molar-refractivity contribution in [2.75, 3.05) is 13.7 Å². The third-order valence-electron chi connectivity index (χ3n) is 10.4. The number of piperidine rings is 1. The zero-order valence-corrected chi connectivity index (χ0v) is 25.6. The van der Waals surface area contributed by atoms with Crippen molar-refractivity contribution in [3.05, 3.63) is 47.3 Å². The van der Waals surface area contributed by atoms with Crippen molar-refractivity contribution >= 4 is 28.5 Å². The minimum atomic E-state index is -2.92. The van der Waals surface area contributed by atoms with E-state index in [9.17, 15) is 18.4 Å². The first-order chi connectivity index (χ1) is 21.5. The second kappa shape index (κ2) is 9.97. The highest BCUT2D eigenvalue weighted by molar-refractivity contribution is 5.96. The number of rotatable bonds is 8. The van der Waals surface area contributed by atoms with Gasteiger partial charge < -0.3 is 25.3 Å². The van der Waals surface area contributed by atoms with E-state index >= 15 is 0 Å². The molecule has 5 heterocycles. The minimum Gasteiger partial charge on any atom is -0.482 e. The number of nitrogens with one attached hydrogen (secondary N) is 1. The first-order valence-electron chi connectivity index (χ1n) is 15.9. The van der Waals surface area contributed by atoms with Gasteiger partial charge in [0.2, 0.25) is 5.91 Å². The fourth-order valence-corrected chi connectivity index (χ4v) is 7.45. The number of pyridine rings is 2. The van der Waals surface area contributed by atoms with Crippen molar-refractivity contribution in [3.8, 4) is 17.3 Å². The Kier molecular flexibility index (Phi) is 6.30. The summed E-state index contributed by atoms with van der Waals surface area (Å²) in [7, 11) is 1.59. The van der Waals surface area contributed by atoms with E-state index in [1.54, 1.807) is 20.1 Å². The number of hydrogen-bond acceptors (Lipinski definition) is 6. The van der Waals surface area contributed by atoms with Crippen LogP contribution in [-0.2, 0) is 11.3 Å². The van der Waals surface area contributed by atoms with E-state index in [2.05, 4.69) is 16.0 Å². The Balaban J connectivity index is 1.17. The molecule has 45 heavy (non-hydrogen) atoms. The quantitative estimate of drug-likeness (QED) is 0.301. The SMILES string of the molecule is COc1cc(C(=O)N2C[C@H]3CC[C@@H]2[C@@H]3N)cc2nc(-c3cc4ccc([C@@H](C)NC(=O)[C@H]5CC5(F)F)nc4n3CC3CC3)c(C)n12. The standard InChI is InChI=1S/C33H37F2N7O3/c1-16(37-31(43)22-13-33(22,34)35)23-8-6-19-10-25(40(30(19)38-23)14-18-4-5-18)29-17(2)42-26(39-29)11-21(12-27(42)45-3)32(44)41-15-20-7-9-24(41)28(20)36/h6,8,10-12,16,18,20,22,24,28H,4-5,7,9,13-15,36H2,1-3H3,(H,37,43)/t16-,20-,22-,24-,28-/m1/s1. The lowest BCUT2D eigenvalue weighted by atomic mass is 10.1. The summed E-state index contributed by atoms with van der Waals surface area (Å²) in [6.45, 7) is 5.19. The second-order valence-corrected chi connectivity index (χ2v) is 13.4. The second-order valence-electron chi connectivity index (χ2n) is 13.4. The topological polar surface area (TPSA) is 120 Å². The smallest absolute Gasteiger partial charge is 0.260 e. The number of imidazole rings is 1. The van der Waals surface area contributed by atoms with Crippen molar-refractivity contribution in [3.63, 3.8) is 0 Å². The first-order valence-corrected chi connectivity index (χ1v) is 15.9. The van der Waals surface area contributed by atoms with Crippen LogP contribution in [0.4, 0.5) is 8.78 Å². The van der Waals surface area contributed by atoms with Crippen LogP contribution in [0.25, 0.3) is 28.1 Å². The number of carbonyl (C=O) groups excluding carboxylic acids is 2. The molecule has 0 radical (unpaired) electrons. The van der Waals surface area contributed by atoms with Crippen molar-refractivity contribution in [2.24, 2.45) is 23.5 Å². The molecule has 0 spiro atoms. The van der Waals surface area contributed by atoms with E-state index in [4.69, 9.17) is 20.4 Å². The molecule has 2 amide bonds. The molecule has 2 bridgehead atoms. The van der Waals surface area contributed by atoms with E-state index in [1.807, 2.05) is 34.4 Å². The molecule has 4 fully saturated rings. The molecule has 3 N–H and O–H groups in total. The maximum Gasteiger partial charge on any atom is 0.260 e. The molecule has 0 unspecified atom stereocenters. The highest BCUT2D eigenvalue weighted by Gasteiger charge is 2.61. The number of fused-ring (bicyclic) bond motifs is 4. The average molecular weight is 618 g/mol. The van der Waals surface area contributed by atoms with E-state index in [1.165, 1.54) is 0 Å². The summed E-state index contributed by atoms with van der Waals surface area (Å²) in [6.07, 6.45) is 3.86. The molecule has 1 saturated heterocycles. The fraction of sp³-hybridized carbons (Fsp3) is 0.515. The Bertz CT molecular complexity index is 1880. The molecule has 4 aromatic rings. The van der Waals surface area contributed by atoms with Crippen LogP contribution in [0.5, 0.6) is 5.88 Å². The van der Waals surface area contributed by atoms with Gasteiger partial charge >= 0.3 is 0 Å². The van der Waals surface area contributed by atoms with Crippen LogP contribution < -0.4 is 15.8 Å². The molecule has 1 aliphatic heterocycles. The summed E-state index contributed by atoms with van der Waals surface area (Å²) in [5.41, 5.74) is 11.4. The van der Waals surface area contributed by atoms with Gasteiger partial charge in [-0.25, -0.2) is 18.7 Å². The van der Waals surface area contributed by atoms with Gasteiger partial charge in [-0.15, -0.1) is 0 Å². The van der Waals surface area contributed by atoms with Gasteiger partial charge in [-0.3, -0.25) is 14.0 Å². The monoisotopic (exact) mass is 617 g/mol. The number of nitrogens with zero attached hydrogens (tertiary/aromatic N) is 5. The number of methoxy groups -OCH3 is 1. The lowest BCUT2D eigenvalue weighted by molar-refractivity contribution is -0.125. The predicted molar refractivity (Wildman–Crippen MR) is 163 cm³/mol. The number of ether oxygens (including phenoxy) is 1. The van der Waals surface area contributed by atoms with Crippen LogP contribution in [0.1, 0.15) is 66.8 Å². The van der Waals surface area contributed by atoms with E-state index < -0.39 is 30.2 Å². The molecule has 10 nitrogen and oxygen atoms in total. The lowest BCUT2D eigenvalue weighted by Gasteiger charge is -2.27. The van der Waals surface area contributed by atoms with E-state index in [0.29, 0.717) is 41.2 Å². The van der Waals surface area contributed by atoms with Gasteiger partial charge in [0.15, 0.2) is 5.88 Å². The summed E-state index contributed by atoms with van der Waals surface area (Å²) in [5.74, 6) is -3.46. The van der Waals surface area contributed by atoms with Crippen LogP contribution in [0.3, 0.4) is 0 Å². The van der Waals surface area contributed by atoms with Crippen LogP contribution in [0, 0.1) is 24.7 Å². The van der Waals surface area contributed by atoms with Crippen LogP contribution >= 0.6 is 0 Å². The zero-order chi connectivity index (χ0) is 31.4. The number of hydrogen-bond donors (Lipinski definition) is 2. The zero-order valence-electron chi connectivity index (χ0n) is 25.6. The minimum absolute atomic E-state index is 0.0320. The molecule has 3 aliphatic carbocycles. The molecule has 4 aliphatic rings. The molecule has 8 rings (SSSR count). The van der Waals surface area contributed by atoms with Crippen molar-refractivity contribution in [2.45, 2.75) is 76.5 Å². The maximum absolute atomic E-state index is 13.7. The van der Waals surface area contributed by atoms with Crippen LogP contribution in [0.15, 0.2) is 30.3 Å². The molecule has 3 saturated carbocycles. The highest BCUT2D eigenvalue weighted by Crippen LogP contribution is 2.49. The van der Waals surface area contributed by atoms with Crippen LogP contribution in [0.2, 0.25) is 0 Å². The van der Waals surface area contributed by atoms with Crippen molar-refractivity contribution in [1.29, 1.82) is 0 Å². The molecule has 4 aromatic heterocycles. The number of aromatic nitrogens is 4. The molecular formula is C33H37F2N7O3. The van der Waals surface area contributed by atoms with Gasteiger partial charge in [-0.05, 0) is 75.6 Å². The van der Waals surface area contributed by atoms with Gasteiger partial charge in [0.1, 0.15) is 22.9 Å². The van der Waals surface area contributed by atoms with Gasteiger partial charge in [0.25, 0.3) is 11.8 Å². The lowest BCUT2D eigenvalue weighted by Crippen LogP contribution is -2.41. The fourth-order valence-electron chi connectivity index (χ4n) is 7.45. The van der Waals surface area contributed by atoms with Crippen molar-refractivity contribution in [1.82, 2.24) is 29.2 Å². The Hall–Kier alpha value is -4.06. The normalized spacial score (nSPS) is 25.7. The maximum atomic E-state index is 13.7. The molecular weight excluding hydrogens is 580 g/mol. The number of amides is 2. The number of carbonyl (C=O) groups is 2. The Morgan fingerprint density at radius 3 is 2.58 bits per heavy atom. The number of likely N-dealkylation sites (tertiary alicyclic amines) is 1. The highest BCUT2D eigenvalue weighted by atomic mass is 19.3. The first kappa shape index (κ1) is 28.4. The number of halogens is 2. The van der Waals surface area contributed by atoms with Gasteiger partial charge in [0.05, 0.1) is 30.2 Å². The van der Waals surface area contributed by atoms with Crippen LogP contribution in [-0.4, -0.2) is 67.3 Å². The molecule has 5 atom stereocenters. The summed E-state index contributed by atoms with van der Waals surface area (Å²) in [5, 5.41) is 3.63. The predicted octanol–water partition coefficient (Wildman–Crippen LogP) is 4.47. The summed E-state index contributed by atoms with van der Waals surface area (Å²) in [6, 6.07) is 9.05. The van der Waals surface area contributed by atoms with Gasteiger partial charge in [-0.1, -0.05) is 0 Å². The number of nitrogens with two attached hydrogens (primary N) is 1. The largest absolute Gasteiger partial charge is 0.482 e. The summed E-state index contributed by atoms with van der Waals surface area (Å²) >= 11 is 0. The third kappa shape index (κ3) is 4.59. The van der Waals surface area contributed by atoms with Gasteiger partial charge in [0, 0.05) is 48.6 Å². The Morgan fingerprint density at radius 2 is 1.93 bits per heavy atom. The van der Waals surface area contributed by atoms with Crippen molar-refractivity contribution < 1.29 is 23.1 Å². The molecule has 0 aromatic carbocycles. The Labute approximate surface area is 258 Å². The van der Waals surface area contributed by atoms with E-state index in [-0.39, 0.29) is 18.0 Å². The van der Waals surface area contributed by atoms with Gasteiger partial charge in [-0.2, -0.15) is 0 Å². The third-order valence-corrected chi connectivity index (χ3v) is 10.4. The Morgan fingerprint density at radius 1 is 1.16 bits per heavy atom. The van der Waals surface area contributed by atoms with E-state index in [0.717, 1.165) is 60.3 Å². The number of alkyl halides is 2. The molecule has 12 heteroatoms. The summed E-state index contributed by atoms with van der Waals surface area (Å²) in [4.78, 5) is 38.0. The molecule has 236 valence electrons. The number of aryl methyl sites for hydroxylation is 1.